The minimum atomic E-state index is -1.07. The van der Waals surface area contributed by atoms with Crippen molar-refractivity contribution in [2.24, 2.45) is 16.8 Å². The zero-order chi connectivity index (χ0) is 41.1. The van der Waals surface area contributed by atoms with E-state index in [1.807, 2.05) is 25.3 Å². The van der Waals surface area contributed by atoms with Crippen LogP contribution in [0, 0.1) is 18.8 Å². The van der Waals surface area contributed by atoms with E-state index in [1.54, 1.807) is 34.6 Å². The van der Waals surface area contributed by atoms with Gasteiger partial charge in [-0.05, 0) is 88.1 Å². The number of carbonyl (C=O) groups is 1. The van der Waals surface area contributed by atoms with Crippen LogP contribution in [-0.2, 0) is 33.0 Å². The van der Waals surface area contributed by atoms with Crippen molar-refractivity contribution < 1.29 is 28.5 Å². The molecular formula is C45H46N6O7S2. The number of epoxide rings is 1. The van der Waals surface area contributed by atoms with E-state index in [0.29, 0.717) is 66.0 Å². The molecule has 15 heteroatoms. The van der Waals surface area contributed by atoms with Gasteiger partial charge in [0.05, 0.1) is 29.7 Å². The summed E-state index contributed by atoms with van der Waals surface area (Å²) >= 11 is 0. The minimum Gasteiger partial charge on any atom is -0.507 e. The average Bonchev–Trinajstić information content (AvgIpc) is 3.55. The number of nitrogen functional groups attached to an aromatic ring is 2. The molecule has 60 heavy (non-hydrogen) atoms. The third-order valence-electron chi connectivity index (χ3n) is 13.8. The topological polar surface area (TPSA) is 192 Å². The van der Waals surface area contributed by atoms with Crippen molar-refractivity contribution in [3.63, 3.8) is 0 Å². The fraction of sp³-hybridized carbons (Fsp3) is 0.444. The predicted molar refractivity (Wildman–Crippen MR) is 232 cm³/mol. The van der Waals surface area contributed by atoms with Gasteiger partial charge in [-0.15, -0.1) is 0 Å². The van der Waals surface area contributed by atoms with Gasteiger partial charge in [0, 0.05) is 83.1 Å². The zero-order valence-corrected chi connectivity index (χ0v) is 35.1. The molecule has 1 aromatic carbocycles. The van der Waals surface area contributed by atoms with Crippen molar-refractivity contribution in [2.45, 2.75) is 100 Å². The van der Waals surface area contributed by atoms with Crippen molar-refractivity contribution >= 4 is 56.4 Å². The molecule has 5 atom stereocenters. The highest BCUT2D eigenvalue weighted by Crippen LogP contribution is 2.60. The van der Waals surface area contributed by atoms with Gasteiger partial charge in [-0.3, -0.25) is 9.79 Å². The first-order valence-corrected chi connectivity index (χ1v) is 23.3. The van der Waals surface area contributed by atoms with Gasteiger partial charge in [0.2, 0.25) is 0 Å². The van der Waals surface area contributed by atoms with Crippen molar-refractivity contribution in [1.29, 1.82) is 0 Å². The first-order chi connectivity index (χ1) is 29.0. The van der Waals surface area contributed by atoms with Gasteiger partial charge in [0.15, 0.2) is 11.0 Å². The molecule has 1 saturated carbocycles. The van der Waals surface area contributed by atoms with Crippen LogP contribution in [0.25, 0.3) is 22.2 Å². The van der Waals surface area contributed by atoms with Crippen LogP contribution in [0.5, 0.6) is 11.5 Å². The second kappa shape index (κ2) is 14.0. The number of pyridine rings is 2. The van der Waals surface area contributed by atoms with Gasteiger partial charge in [0.25, 0.3) is 0 Å². The fourth-order valence-electron chi connectivity index (χ4n) is 10.9. The summed E-state index contributed by atoms with van der Waals surface area (Å²) in [6, 6.07) is 9.19. The molecule has 1 aliphatic carbocycles. The van der Waals surface area contributed by atoms with E-state index in [1.165, 1.54) is 11.6 Å². The molecule has 0 unspecified atom stereocenters. The largest absolute Gasteiger partial charge is 0.507 e. The number of nitrogens with two attached hydrogens (primary N) is 2. The van der Waals surface area contributed by atoms with Crippen LogP contribution in [0.2, 0.25) is 0 Å². The Balaban J connectivity index is 0.982. The number of fused-ring (bicyclic) bond motifs is 9. The number of nitrogens with zero attached hydrogens (tertiary/aromatic N) is 4. The maximum Gasteiger partial charge on any atom is 0.341 e. The number of aromatic hydroxyl groups is 1. The van der Waals surface area contributed by atoms with Gasteiger partial charge < -0.3 is 40.1 Å². The van der Waals surface area contributed by atoms with E-state index >= 15 is 0 Å². The first-order valence-electron chi connectivity index (χ1n) is 20.8. The van der Waals surface area contributed by atoms with Crippen molar-refractivity contribution in [3.8, 4) is 22.8 Å². The first kappa shape index (κ1) is 38.0. The summed E-state index contributed by atoms with van der Waals surface area (Å²) in [6.45, 7) is 5.04. The zero-order valence-electron chi connectivity index (χ0n) is 33.4. The highest BCUT2D eigenvalue weighted by atomic mass is 33.1. The third kappa shape index (κ3) is 6.12. The Morgan fingerprint density at radius 3 is 2.72 bits per heavy atom. The molecule has 4 fully saturated rings. The number of phenols is 1. The molecule has 12 rings (SSSR count). The van der Waals surface area contributed by atoms with Gasteiger partial charge in [-0.2, -0.15) is 0 Å². The highest BCUT2D eigenvalue weighted by Gasteiger charge is 2.70. The summed E-state index contributed by atoms with van der Waals surface area (Å²) in [5, 5.41) is 12.1. The van der Waals surface area contributed by atoms with Crippen LogP contribution in [0.15, 0.2) is 68.1 Å². The van der Waals surface area contributed by atoms with E-state index in [-0.39, 0.29) is 46.1 Å². The number of benzene rings is 1. The lowest BCUT2D eigenvalue weighted by Gasteiger charge is -2.48. The van der Waals surface area contributed by atoms with Crippen LogP contribution in [0.3, 0.4) is 0 Å². The SMILES string of the molecule is Cc1cc(=O)c2c(O)c3c(cc2o1)O[C@@]1(C)CCSSCc2c(cc(CN4C=C5N=CC=C5C4)nc2N)-c2cc(cc(N)n2)CC[C@H]2O[C@]24C(=O)O[C@@H]1[C@H]3C1CCC4CC1. The summed E-state index contributed by atoms with van der Waals surface area (Å²) in [6.07, 6.45) is 9.79. The lowest BCUT2D eigenvalue weighted by molar-refractivity contribution is -0.174. The van der Waals surface area contributed by atoms with Crippen molar-refractivity contribution in [2.75, 3.05) is 23.8 Å². The molecule has 3 saturated heterocycles. The van der Waals surface area contributed by atoms with Crippen LogP contribution in [-0.4, -0.2) is 67.9 Å². The average molecular weight is 847 g/mol. The number of ether oxygens (including phenoxy) is 3. The quantitative estimate of drug-likeness (QED) is 0.105. The molecule has 0 radical (unpaired) electrons. The molecule has 8 aliphatic rings. The van der Waals surface area contributed by atoms with Crippen LogP contribution in [0.1, 0.15) is 79.5 Å². The van der Waals surface area contributed by atoms with E-state index in [9.17, 15) is 14.7 Å². The van der Waals surface area contributed by atoms with Gasteiger partial charge in [0.1, 0.15) is 51.6 Å². The Morgan fingerprint density at radius 1 is 1.03 bits per heavy atom. The number of rotatable bonds is 2. The molecule has 13 nitrogen and oxygen atoms in total. The normalized spacial score (nSPS) is 30.3. The standard InChI is InChI=1S/C45H46N6O7S2/c1-22-13-32(52)38-33(55-22)17-34-39(40(38)53)37-24-4-6-26(7-5-24)45-35(58-45)8-3-23-14-30(50-36(46)15-23)28-16-27(19-51-18-25-9-11-48-31(25)20-51)49-42(47)29(28)21-60-59-12-10-44(2,57-34)41(37)56-43(45)54/h9,11,13-17,20,24,26,35,37,41,53H,3-8,10,12,18-19,21H2,1-2H3,(H2,46,50)(H2,47,49)/t24?,26?,35-,37+,41-,44+,45+/m1/s1. The number of hydrogen-bond acceptors (Lipinski definition) is 15. The fourth-order valence-corrected chi connectivity index (χ4v) is 13.2. The van der Waals surface area contributed by atoms with E-state index in [0.717, 1.165) is 66.0 Å². The molecule has 5 N–H and O–H groups in total. The maximum atomic E-state index is 14.8. The predicted octanol–water partition coefficient (Wildman–Crippen LogP) is 7.12. The van der Waals surface area contributed by atoms with Gasteiger partial charge in [-0.1, -0.05) is 21.6 Å². The number of carbonyl (C=O) groups excluding carboxylic acids is 1. The summed E-state index contributed by atoms with van der Waals surface area (Å²) in [5.74, 6) is 2.09. The minimum absolute atomic E-state index is 0.0106. The van der Waals surface area contributed by atoms with E-state index < -0.39 is 23.2 Å². The van der Waals surface area contributed by atoms with Gasteiger partial charge >= 0.3 is 5.97 Å². The Labute approximate surface area is 354 Å². The van der Waals surface area contributed by atoms with E-state index in [4.69, 9.17) is 40.1 Å². The Hall–Kier alpha value is -4.99. The summed E-state index contributed by atoms with van der Waals surface area (Å²) < 4.78 is 26.3. The number of esters is 1. The Bertz CT molecular complexity index is 2660. The number of aryl methyl sites for hydroxylation is 2. The number of anilines is 2. The monoisotopic (exact) mass is 846 g/mol. The second-order valence-electron chi connectivity index (χ2n) is 17.6. The number of allylic oxidation sites excluding steroid dienone is 1. The Morgan fingerprint density at radius 2 is 1.88 bits per heavy atom. The van der Waals surface area contributed by atoms with Gasteiger partial charge in [-0.25, -0.2) is 14.8 Å². The lowest BCUT2D eigenvalue weighted by atomic mass is 9.65. The molecule has 1 spiro atoms. The molecule has 310 valence electrons. The lowest BCUT2D eigenvalue weighted by Crippen LogP contribution is -2.55. The summed E-state index contributed by atoms with van der Waals surface area (Å²) in [5.41, 5.74) is 18.3. The highest BCUT2D eigenvalue weighted by molar-refractivity contribution is 8.76. The molecule has 10 heterocycles. The number of aliphatic imine (C=N–C) groups is 1. The molecule has 0 amide bonds. The van der Waals surface area contributed by atoms with E-state index in [2.05, 4.69) is 28.2 Å². The third-order valence-corrected chi connectivity index (χ3v) is 16.1. The van der Waals surface area contributed by atoms with Crippen LogP contribution < -0.4 is 21.6 Å². The number of phenolic OH excluding ortho intramolecular Hbond substituents is 1. The van der Waals surface area contributed by atoms with Crippen molar-refractivity contribution in [3.05, 3.63) is 92.2 Å². The smallest absolute Gasteiger partial charge is 0.341 e. The second-order valence-corrected chi connectivity index (χ2v) is 20.2. The summed E-state index contributed by atoms with van der Waals surface area (Å²) in [7, 11) is 3.35. The summed E-state index contributed by atoms with van der Waals surface area (Å²) in [4.78, 5) is 44.6. The van der Waals surface area contributed by atoms with Crippen LogP contribution in [0.4, 0.5) is 11.6 Å². The molecule has 4 aromatic rings. The molecular weight excluding hydrogens is 801 g/mol. The molecule has 7 aliphatic heterocycles. The maximum absolute atomic E-state index is 14.8. The number of hydrogen-bond donors (Lipinski definition) is 3. The Kier molecular flexibility index (Phi) is 8.88. The molecule has 6 bridgehead atoms. The number of aromatic nitrogens is 2. The van der Waals surface area contributed by atoms with Crippen LogP contribution >= 0.6 is 21.6 Å². The molecule has 3 aromatic heterocycles. The van der Waals surface area contributed by atoms with Crippen molar-refractivity contribution in [1.82, 2.24) is 14.9 Å².